The molecule has 0 aromatic heterocycles. The van der Waals surface area contributed by atoms with Gasteiger partial charge in [-0.15, -0.1) is 13.2 Å². The van der Waals surface area contributed by atoms with E-state index >= 15 is 0 Å². The summed E-state index contributed by atoms with van der Waals surface area (Å²) in [6, 6.07) is -0.738. The summed E-state index contributed by atoms with van der Waals surface area (Å²) in [6.07, 6.45) is 32.5. The largest absolute Gasteiger partial charge is 0.475 e. The Morgan fingerprint density at radius 1 is 0.782 bits per heavy atom. The second kappa shape index (κ2) is 34.3. The first-order valence-electron chi connectivity index (χ1n) is 22.1. The number of phosphoric acid groups is 1. The molecule has 9 nitrogen and oxygen atoms in total. The lowest BCUT2D eigenvalue weighted by molar-refractivity contribution is -0.255. The highest BCUT2D eigenvalue weighted by atomic mass is 31.2. The van der Waals surface area contributed by atoms with E-state index in [2.05, 4.69) is 51.4 Å². The van der Waals surface area contributed by atoms with Crippen LogP contribution in [0.15, 0.2) is 49.8 Å². The molecule has 0 bridgehead atoms. The number of allylic oxidation sites excluding steroid dienone is 3. The summed E-state index contributed by atoms with van der Waals surface area (Å²) in [5.74, 6) is 0.353. The Morgan fingerprint density at radius 3 is 1.93 bits per heavy atom. The molecule has 1 N–H and O–H groups in total. The van der Waals surface area contributed by atoms with Crippen LogP contribution in [0.4, 0.5) is 0 Å². The molecule has 1 aliphatic heterocycles. The molecule has 0 radical (unpaired) electrons. The lowest BCUT2D eigenvalue weighted by Crippen LogP contribution is -2.65. The lowest BCUT2D eigenvalue weighted by Gasteiger charge is -2.46. The van der Waals surface area contributed by atoms with E-state index in [9.17, 15) is 9.36 Å². The number of hydrogen-bond acceptors (Lipinski definition) is 8. The molecule has 1 saturated heterocycles. The van der Waals surface area contributed by atoms with Crippen molar-refractivity contribution in [1.29, 1.82) is 0 Å². The molecule has 0 saturated carbocycles. The van der Waals surface area contributed by atoms with Crippen LogP contribution in [0.25, 0.3) is 0 Å². The van der Waals surface area contributed by atoms with Gasteiger partial charge < -0.3 is 19.5 Å². The fourth-order valence-corrected chi connectivity index (χ4v) is 8.10. The van der Waals surface area contributed by atoms with Gasteiger partial charge in [0.1, 0.15) is 18.2 Å². The first-order chi connectivity index (χ1) is 26.8. The standard InChI is InChI=1S/C45H82NO8P/c1-8-14-16-18-19-20-21-22-23-24-25-26-27-29-31-33-41(47)46-42-44(49-38-34-39(7)32-30-28-17-15-9-2)43(40(13-6)53-45(42)50-35-10-3)54-55(48,51-36-11-4)52-37-12-5/h10-12,20-21,35,39-40,42-45H,4-5,8-9,13-19,22-34,36-38H2,1-3,6-7H3,(H,46,47)/b21-20-,35-10-/t39-,40-,42-,43-,44-,45-/m1/s1. The summed E-state index contributed by atoms with van der Waals surface area (Å²) in [5.41, 5.74) is 0. The molecule has 1 fully saturated rings. The van der Waals surface area contributed by atoms with Crippen molar-refractivity contribution in [3.63, 3.8) is 0 Å². The number of unbranched alkanes of at least 4 members (excludes halogenated alkanes) is 15. The number of carbonyl (C=O) groups excluding carboxylic acids is 1. The number of amides is 1. The van der Waals surface area contributed by atoms with Crippen LogP contribution in [-0.4, -0.2) is 56.4 Å². The van der Waals surface area contributed by atoms with Gasteiger partial charge in [-0.2, -0.15) is 0 Å². The highest BCUT2D eigenvalue weighted by molar-refractivity contribution is 7.48. The Hall–Kier alpha value is -1.74. The van der Waals surface area contributed by atoms with Crippen LogP contribution in [0.5, 0.6) is 0 Å². The monoisotopic (exact) mass is 796 g/mol. The number of phosphoric ester groups is 1. The van der Waals surface area contributed by atoms with Crippen LogP contribution in [-0.2, 0) is 37.1 Å². The second-order valence-electron chi connectivity index (χ2n) is 15.1. The zero-order chi connectivity index (χ0) is 40.4. The van der Waals surface area contributed by atoms with Gasteiger partial charge in [-0.05, 0) is 57.8 Å². The number of rotatable bonds is 37. The molecule has 0 aliphatic carbocycles. The van der Waals surface area contributed by atoms with Crippen molar-refractivity contribution in [2.75, 3.05) is 19.8 Å². The van der Waals surface area contributed by atoms with Gasteiger partial charge in [0.05, 0.1) is 25.6 Å². The first kappa shape index (κ1) is 51.3. The smallest absolute Gasteiger partial charge is 0.471 e. The van der Waals surface area contributed by atoms with Crippen molar-refractivity contribution < 1.29 is 37.1 Å². The van der Waals surface area contributed by atoms with Crippen molar-refractivity contribution in [3.8, 4) is 0 Å². The molecule has 0 unspecified atom stereocenters. The Kier molecular flexibility index (Phi) is 32.0. The predicted molar refractivity (Wildman–Crippen MR) is 228 cm³/mol. The highest BCUT2D eigenvalue weighted by Gasteiger charge is 2.51. The summed E-state index contributed by atoms with van der Waals surface area (Å²) < 4.78 is 50.5. The first-order valence-corrected chi connectivity index (χ1v) is 23.5. The van der Waals surface area contributed by atoms with Crippen molar-refractivity contribution in [3.05, 3.63) is 49.8 Å². The quantitative estimate of drug-likeness (QED) is 0.0287. The normalized spacial score (nSPS) is 20.9. The number of carbonyl (C=O) groups is 1. The van der Waals surface area contributed by atoms with E-state index in [-0.39, 0.29) is 19.1 Å². The Bertz CT molecular complexity index is 1050. The molecule has 10 heteroatoms. The molecule has 1 amide bonds. The van der Waals surface area contributed by atoms with Crippen LogP contribution in [0, 0.1) is 5.92 Å². The fraction of sp³-hybridized carbons (Fsp3) is 0.800. The molecule has 55 heavy (non-hydrogen) atoms. The maximum atomic E-state index is 13.9. The molecular formula is C45H82NO8P. The molecule has 6 atom stereocenters. The number of nitrogens with one attached hydrogen (secondary N) is 1. The third-order valence-electron chi connectivity index (χ3n) is 10.1. The van der Waals surface area contributed by atoms with E-state index in [0.717, 1.165) is 32.1 Å². The average molecular weight is 796 g/mol. The SMILES string of the molecule is C=CCOP(=O)(OCC=C)O[C@H]1[C@H](OCC[C@H](C)CCCCCCC)[C@@H](NC(=O)CCCCCCCCC/C=C\CCCCCC)[C@H](O/C=C\C)O[C@@H]1CC. The molecule has 1 aliphatic rings. The second-order valence-corrected chi connectivity index (χ2v) is 16.7. The third kappa shape index (κ3) is 24.6. The molecular weight excluding hydrogens is 713 g/mol. The van der Waals surface area contributed by atoms with Crippen LogP contribution in [0.1, 0.15) is 176 Å². The van der Waals surface area contributed by atoms with Crippen molar-refractivity contribution in [1.82, 2.24) is 5.32 Å². The number of ether oxygens (including phenoxy) is 3. The minimum Gasteiger partial charge on any atom is -0.471 e. The van der Waals surface area contributed by atoms with Crippen LogP contribution in [0.3, 0.4) is 0 Å². The summed E-state index contributed by atoms with van der Waals surface area (Å²) >= 11 is 0. The molecule has 1 rings (SSSR count). The van der Waals surface area contributed by atoms with Gasteiger partial charge in [0.25, 0.3) is 0 Å². The fourth-order valence-electron chi connectivity index (χ4n) is 6.78. The van der Waals surface area contributed by atoms with Gasteiger partial charge >= 0.3 is 7.82 Å². The predicted octanol–water partition coefficient (Wildman–Crippen LogP) is 12.9. The minimum absolute atomic E-state index is 0.0378. The zero-order valence-electron chi connectivity index (χ0n) is 35.7. The highest BCUT2D eigenvalue weighted by Crippen LogP contribution is 2.52. The van der Waals surface area contributed by atoms with Crippen LogP contribution in [0.2, 0.25) is 0 Å². The van der Waals surface area contributed by atoms with Crippen molar-refractivity contribution in [2.45, 2.75) is 207 Å². The van der Waals surface area contributed by atoms with Gasteiger partial charge in [-0.3, -0.25) is 18.4 Å². The van der Waals surface area contributed by atoms with Gasteiger partial charge in [-0.1, -0.05) is 148 Å². The van der Waals surface area contributed by atoms with E-state index in [1.807, 2.05) is 13.8 Å². The third-order valence-corrected chi connectivity index (χ3v) is 11.5. The van der Waals surface area contributed by atoms with Gasteiger partial charge in [0, 0.05) is 13.0 Å². The van der Waals surface area contributed by atoms with E-state index in [1.165, 1.54) is 108 Å². The summed E-state index contributed by atoms with van der Waals surface area (Å²) in [4.78, 5) is 13.5. The summed E-state index contributed by atoms with van der Waals surface area (Å²) in [5, 5.41) is 3.18. The molecule has 1 heterocycles. The number of hydrogen-bond donors (Lipinski definition) is 1. The van der Waals surface area contributed by atoms with E-state index in [0.29, 0.717) is 25.4 Å². The van der Waals surface area contributed by atoms with Gasteiger partial charge in [0.15, 0.2) is 0 Å². The van der Waals surface area contributed by atoms with E-state index in [1.54, 1.807) is 12.3 Å². The van der Waals surface area contributed by atoms with Crippen LogP contribution < -0.4 is 5.32 Å². The molecule has 0 aromatic rings. The molecule has 0 spiro atoms. The Labute approximate surface area is 337 Å². The Morgan fingerprint density at radius 2 is 1.35 bits per heavy atom. The van der Waals surface area contributed by atoms with Crippen molar-refractivity contribution >= 4 is 13.7 Å². The topological polar surface area (TPSA) is 102 Å². The Balaban J connectivity index is 2.94. The van der Waals surface area contributed by atoms with Gasteiger partial charge in [0.2, 0.25) is 12.2 Å². The average Bonchev–Trinajstić information content (AvgIpc) is 3.18. The molecule has 0 aromatic carbocycles. The zero-order valence-corrected chi connectivity index (χ0v) is 36.6. The van der Waals surface area contributed by atoms with Gasteiger partial charge in [-0.25, -0.2) is 4.57 Å². The minimum atomic E-state index is -4.11. The van der Waals surface area contributed by atoms with E-state index in [4.69, 9.17) is 27.8 Å². The van der Waals surface area contributed by atoms with Crippen LogP contribution >= 0.6 is 7.82 Å². The summed E-state index contributed by atoms with van der Waals surface area (Å²) in [7, 11) is -4.11. The molecule has 320 valence electrons. The lowest BCUT2D eigenvalue weighted by atomic mass is 9.94. The van der Waals surface area contributed by atoms with E-state index < -0.39 is 38.5 Å². The maximum Gasteiger partial charge on any atom is 0.475 e. The summed E-state index contributed by atoms with van der Waals surface area (Å²) in [6.45, 7) is 18.3. The maximum absolute atomic E-state index is 13.9. The van der Waals surface area contributed by atoms with Crippen molar-refractivity contribution in [2.24, 2.45) is 5.92 Å².